The summed E-state index contributed by atoms with van der Waals surface area (Å²) >= 11 is 0. The zero-order chi connectivity index (χ0) is 50.0. The Labute approximate surface area is 428 Å². The molecule has 0 spiro atoms. The molecule has 0 fully saturated rings. The first-order valence-electron chi connectivity index (χ1n) is 30.1. The van der Waals surface area contributed by atoms with Gasteiger partial charge in [-0.15, -0.1) is 0 Å². The molecule has 0 amide bonds. The molecule has 402 valence electrons. The quantitative estimate of drug-likeness (QED) is 0.0262. The second kappa shape index (κ2) is 57.9. The lowest BCUT2D eigenvalue weighted by Gasteiger charge is -2.18. The van der Waals surface area contributed by atoms with Gasteiger partial charge in [-0.3, -0.25) is 14.4 Å². The van der Waals surface area contributed by atoms with Gasteiger partial charge < -0.3 is 14.2 Å². The Bertz CT molecular complexity index is 1200. The molecule has 0 aromatic carbocycles. The molecule has 0 saturated heterocycles. The van der Waals surface area contributed by atoms with Gasteiger partial charge in [0.05, 0.1) is 0 Å². The van der Waals surface area contributed by atoms with Gasteiger partial charge in [-0.2, -0.15) is 0 Å². The number of hydrogen-bond donors (Lipinski definition) is 0. The fraction of sp³-hybridized carbons (Fsp3) is 0.825. The molecule has 0 aromatic rings. The topological polar surface area (TPSA) is 78.9 Å². The first-order valence-corrected chi connectivity index (χ1v) is 30.1. The Kier molecular flexibility index (Phi) is 55.7. The van der Waals surface area contributed by atoms with Crippen LogP contribution >= 0.6 is 0 Å². The van der Waals surface area contributed by atoms with Crippen LogP contribution in [-0.2, 0) is 28.6 Å². The highest BCUT2D eigenvalue weighted by molar-refractivity contribution is 5.71. The molecule has 0 bridgehead atoms. The van der Waals surface area contributed by atoms with Gasteiger partial charge in [-0.05, 0) is 57.8 Å². The summed E-state index contributed by atoms with van der Waals surface area (Å²) in [6.45, 7) is 6.52. The molecule has 0 aliphatic rings. The Morgan fingerprint density at radius 3 is 0.884 bits per heavy atom. The minimum atomic E-state index is -0.764. The van der Waals surface area contributed by atoms with Crippen LogP contribution in [0, 0.1) is 0 Å². The van der Waals surface area contributed by atoms with Crippen molar-refractivity contribution in [2.24, 2.45) is 0 Å². The van der Waals surface area contributed by atoms with E-state index in [4.69, 9.17) is 14.2 Å². The third-order valence-corrected chi connectivity index (χ3v) is 13.3. The van der Waals surface area contributed by atoms with Crippen LogP contribution < -0.4 is 0 Å². The number of hydrogen-bond acceptors (Lipinski definition) is 6. The molecule has 0 aromatic heterocycles. The predicted octanol–water partition coefficient (Wildman–Crippen LogP) is 20.2. The Morgan fingerprint density at radius 1 is 0.304 bits per heavy atom. The summed E-state index contributed by atoms with van der Waals surface area (Å²) in [6.07, 6.45) is 71.5. The number of rotatable bonds is 55. The third-order valence-electron chi connectivity index (χ3n) is 13.3. The maximum atomic E-state index is 12.8. The van der Waals surface area contributed by atoms with Gasteiger partial charge in [-0.25, -0.2) is 0 Å². The molecule has 0 saturated carbocycles. The number of carbonyl (C=O) groups excluding carboxylic acids is 3. The van der Waals surface area contributed by atoms with E-state index in [9.17, 15) is 14.4 Å². The van der Waals surface area contributed by atoms with Crippen LogP contribution in [-0.4, -0.2) is 37.2 Å². The fourth-order valence-electron chi connectivity index (χ4n) is 8.85. The summed E-state index contributed by atoms with van der Waals surface area (Å²) in [5.41, 5.74) is 0. The largest absolute Gasteiger partial charge is 0.462 e. The normalized spacial score (nSPS) is 12.3. The van der Waals surface area contributed by atoms with Crippen LogP contribution in [0.4, 0.5) is 0 Å². The van der Waals surface area contributed by atoms with E-state index in [1.165, 1.54) is 193 Å². The molecule has 69 heavy (non-hydrogen) atoms. The maximum Gasteiger partial charge on any atom is 0.306 e. The minimum absolute atomic E-state index is 0.0670. The fourth-order valence-corrected chi connectivity index (χ4v) is 8.85. The van der Waals surface area contributed by atoms with Crippen LogP contribution in [0.25, 0.3) is 0 Å². The van der Waals surface area contributed by atoms with Crippen molar-refractivity contribution in [2.45, 2.75) is 322 Å². The lowest BCUT2D eigenvalue weighted by Crippen LogP contribution is -2.30. The van der Waals surface area contributed by atoms with E-state index >= 15 is 0 Å². The van der Waals surface area contributed by atoms with Crippen molar-refractivity contribution in [2.75, 3.05) is 13.2 Å². The van der Waals surface area contributed by atoms with Gasteiger partial charge in [0.15, 0.2) is 6.10 Å². The van der Waals surface area contributed by atoms with Gasteiger partial charge in [0.25, 0.3) is 0 Å². The zero-order valence-corrected chi connectivity index (χ0v) is 46.1. The number of unbranched alkanes of at least 4 members (excludes halogenated alkanes) is 36. The summed E-state index contributed by atoms with van der Waals surface area (Å²) in [5.74, 6) is -0.857. The van der Waals surface area contributed by atoms with Crippen molar-refractivity contribution in [1.82, 2.24) is 0 Å². The minimum Gasteiger partial charge on any atom is -0.462 e. The first kappa shape index (κ1) is 66.4. The van der Waals surface area contributed by atoms with E-state index in [0.717, 1.165) is 83.5 Å². The second-order valence-electron chi connectivity index (χ2n) is 20.2. The molecule has 0 aliphatic heterocycles. The van der Waals surface area contributed by atoms with Crippen molar-refractivity contribution in [3.8, 4) is 0 Å². The third kappa shape index (κ3) is 56.2. The molecular formula is C63H114O6. The summed E-state index contributed by atoms with van der Waals surface area (Å²) in [4.78, 5) is 37.9. The molecule has 6 nitrogen and oxygen atoms in total. The Hall–Kier alpha value is -2.63. The molecule has 0 N–H and O–H groups in total. The van der Waals surface area contributed by atoms with Gasteiger partial charge in [-0.1, -0.05) is 288 Å². The van der Waals surface area contributed by atoms with Gasteiger partial charge in [0.1, 0.15) is 13.2 Å². The van der Waals surface area contributed by atoms with Crippen LogP contribution in [0.2, 0.25) is 0 Å². The van der Waals surface area contributed by atoms with E-state index in [1.807, 2.05) is 0 Å². The standard InChI is InChI=1S/C63H114O6/c1-4-7-10-13-16-18-20-22-23-24-25-26-27-28-29-30-31-32-33-34-35-36-37-38-39-41-42-44-47-50-53-56-62(65)68-59-60(58-67-61(64)55-52-49-46-15-12-9-6-3)69-63(66)57-54-51-48-45-43-40-21-19-17-14-11-8-5-2/h7,10,16,18,22-23,25-26,60H,4-6,8-9,11-15,17,19-21,24,27-59H2,1-3H3/b10-7-,18-16-,23-22-,26-25-. The Morgan fingerprint density at radius 2 is 0.565 bits per heavy atom. The maximum absolute atomic E-state index is 12.8. The van der Waals surface area contributed by atoms with Gasteiger partial charge >= 0.3 is 17.9 Å². The molecule has 6 heteroatoms. The highest BCUT2D eigenvalue weighted by Crippen LogP contribution is 2.17. The molecule has 0 radical (unpaired) electrons. The second-order valence-corrected chi connectivity index (χ2v) is 20.2. The molecule has 1 atom stereocenters. The van der Waals surface area contributed by atoms with Crippen molar-refractivity contribution in [3.63, 3.8) is 0 Å². The summed E-state index contributed by atoms with van der Waals surface area (Å²) < 4.78 is 16.8. The van der Waals surface area contributed by atoms with Gasteiger partial charge in [0.2, 0.25) is 0 Å². The van der Waals surface area contributed by atoms with E-state index < -0.39 is 6.10 Å². The average molecular weight is 968 g/mol. The number of ether oxygens (including phenoxy) is 3. The summed E-state index contributed by atoms with van der Waals surface area (Å²) in [7, 11) is 0. The van der Waals surface area contributed by atoms with Crippen molar-refractivity contribution in [3.05, 3.63) is 48.6 Å². The summed E-state index contributed by atoms with van der Waals surface area (Å²) in [5, 5.41) is 0. The van der Waals surface area contributed by atoms with Gasteiger partial charge in [0, 0.05) is 19.3 Å². The van der Waals surface area contributed by atoms with E-state index in [2.05, 4.69) is 69.4 Å². The highest BCUT2D eigenvalue weighted by atomic mass is 16.6. The number of esters is 3. The van der Waals surface area contributed by atoms with Crippen molar-refractivity contribution >= 4 is 17.9 Å². The van der Waals surface area contributed by atoms with Crippen LogP contribution in [0.1, 0.15) is 316 Å². The van der Waals surface area contributed by atoms with Crippen molar-refractivity contribution < 1.29 is 28.6 Å². The molecule has 1 unspecified atom stereocenters. The molecule has 0 rings (SSSR count). The SMILES string of the molecule is CC/C=C\C/C=C\C/C=C\C/C=C\CCCCCCCCCCCCCCCCCCCCC(=O)OCC(COC(=O)CCCCCCCCC)OC(=O)CCCCCCCCCCCCCCC. The monoisotopic (exact) mass is 967 g/mol. The van der Waals surface area contributed by atoms with E-state index in [1.54, 1.807) is 0 Å². The van der Waals surface area contributed by atoms with Crippen LogP contribution in [0.15, 0.2) is 48.6 Å². The smallest absolute Gasteiger partial charge is 0.306 e. The molecule has 0 aliphatic carbocycles. The highest BCUT2D eigenvalue weighted by Gasteiger charge is 2.19. The summed E-state index contributed by atoms with van der Waals surface area (Å²) in [6, 6.07) is 0. The lowest BCUT2D eigenvalue weighted by atomic mass is 10.0. The molecular weight excluding hydrogens is 853 g/mol. The lowest BCUT2D eigenvalue weighted by molar-refractivity contribution is -0.167. The molecule has 0 heterocycles. The van der Waals surface area contributed by atoms with E-state index in [0.29, 0.717) is 19.3 Å². The number of carbonyl (C=O) groups is 3. The van der Waals surface area contributed by atoms with Crippen LogP contribution in [0.5, 0.6) is 0 Å². The van der Waals surface area contributed by atoms with Crippen LogP contribution in [0.3, 0.4) is 0 Å². The zero-order valence-electron chi connectivity index (χ0n) is 46.1. The number of allylic oxidation sites excluding steroid dienone is 8. The predicted molar refractivity (Wildman–Crippen MR) is 298 cm³/mol. The van der Waals surface area contributed by atoms with Crippen molar-refractivity contribution in [1.29, 1.82) is 0 Å². The first-order chi connectivity index (χ1) is 34.0. The van der Waals surface area contributed by atoms with E-state index in [-0.39, 0.29) is 31.1 Å². The Balaban J connectivity index is 3.98. The average Bonchev–Trinajstić information content (AvgIpc) is 3.35.